The van der Waals surface area contributed by atoms with Gasteiger partial charge in [0.2, 0.25) is 0 Å². The van der Waals surface area contributed by atoms with Crippen LogP contribution >= 0.6 is 7.82 Å². The summed E-state index contributed by atoms with van der Waals surface area (Å²) < 4.78 is 26.2. The molecule has 50 heavy (non-hydrogen) atoms. The van der Waals surface area contributed by atoms with Gasteiger partial charge >= 0.3 is 19.8 Å². The van der Waals surface area contributed by atoms with E-state index in [9.17, 15) is 19.3 Å². The molecule has 286 valence electrons. The zero-order valence-corrected chi connectivity index (χ0v) is 31.9. The number of phosphoric ester groups is 1. The third-order valence-electron chi connectivity index (χ3n) is 7.51. The maximum Gasteiger partial charge on any atom is 0.469 e. The van der Waals surface area contributed by atoms with Gasteiger partial charge in [-0.2, -0.15) is 0 Å². The summed E-state index contributed by atoms with van der Waals surface area (Å²) in [5, 5.41) is 9.80. The van der Waals surface area contributed by atoms with Crippen molar-refractivity contribution in [2.45, 2.75) is 149 Å². The van der Waals surface area contributed by atoms with Gasteiger partial charge in [0.05, 0.1) is 12.7 Å². The van der Waals surface area contributed by atoms with Crippen LogP contribution in [0.25, 0.3) is 0 Å². The van der Waals surface area contributed by atoms with E-state index >= 15 is 0 Å². The lowest BCUT2D eigenvalue weighted by Gasteiger charge is -2.18. The van der Waals surface area contributed by atoms with Gasteiger partial charge in [0.1, 0.15) is 6.61 Å². The van der Waals surface area contributed by atoms with Crippen molar-refractivity contribution in [2.24, 2.45) is 5.92 Å². The number of rotatable bonds is 32. The molecule has 0 fully saturated rings. The predicted molar refractivity (Wildman–Crippen MR) is 203 cm³/mol. The monoisotopic (exact) mass is 722 g/mol. The number of carbonyl (C=O) groups excluding carboxylic acids is 2. The van der Waals surface area contributed by atoms with Crippen LogP contribution in [0.3, 0.4) is 0 Å². The Morgan fingerprint density at radius 1 is 0.680 bits per heavy atom. The number of carbonyl (C=O) groups is 2. The topological polar surface area (TPSA) is 140 Å². The number of unbranched alkanes of at least 4 members (excludes halogenated alkanes) is 8. The number of aliphatic hydroxyl groups is 1. The first-order chi connectivity index (χ1) is 24.0. The minimum atomic E-state index is -4.78. The van der Waals surface area contributed by atoms with Gasteiger partial charge in [-0.1, -0.05) is 151 Å². The van der Waals surface area contributed by atoms with E-state index in [0.29, 0.717) is 19.3 Å². The summed E-state index contributed by atoms with van der Waals surface area (Å²) in [7, 11) is -4.78. The Morgan fingerprint density at radius 2 is 1.26 bits per heavy atom. The fraction of sp³-hybridized carbons (Fsp3) is 0.650. The summed E-state index contributed by atoms with van der Waals surface area (Å²) in [6, 6.07) is 0. The van der Waals surface area contributed by atoms with E-state index in [1.165, 1.54) is 38.5 Å². The molecule has 0 bridgehead atoms. The Hall–Kier alpha value is -2.55. The van der Waals surface area contributed by atoms with Gasteiger partial charge in [-0.15, -0.1) is 0 Å². The van der Waals surface area contributed by atoms with Gasteiger partial charge in [-0.25, -0.2) is 4.57 Å². The Morgan fingerprint density at radius 3 is 1.86 bits per heavy atom. The lowest BCUT2D eigenvalue weighted by Crippen LogP contribution is -2.29. The average molecular weight is 723 g/mol. The van der Waals surface area contributed by atoms with Crippen molar-refractivity contribution in [3.05, 3.63) is 72.9 Å². The summed E-state index contributed by atoms with van der Waals surface area (Å²) in [5.74, 6) is -0.238. The highest BCUT2D eigenvalue weighted by molar-refractivity contribution is 7.46. The van der Waals surface area contributed by atoms with Gasteiger partial charge in [0.25, 0.3) is 0 Å². The van der Waals surface area contributed by atoms with Gasteiger partial charge in [-0.3, -0.25) is 14.1 Å². The molecule has 0 aliphatic rings. The van der Waals surface area contributed by atoms with E-state index in [0.717, 1.165) is 50.9 Å². The molecule has 0 aromatic carbocycles. The molecule has 0 amide bonds. The molecule has 0 aromatic heterocycles. The Labute approximate surface area is 302 Å². The maximum atomic E-state index is 12.3. The van der Waals surface area contributed by atoms with Crippen LogP contribution in [0.5, 0.6) is 0 Å². The number of allylic oxidation sites excluding steroid dienone is 10. The summed E-state index contributed by atoms with van der Waals surface area (Å²) in [6.07, 6.45) is 38.4. The van der Waals surface area contributed by atoms with Crippen LogP contribution in [-0.2, 0) is 28.2 Å². The Bertz CT molecular complexity index is 1070. The highest BCUT2D eigenvalue weighted by Gasteiger charge is 2.22. The molecule has 0 radical (unpaired) electrons. The first-order valence-electron chi connectivity index (χ1n) is 18.7. The number of hydrogen-bond acceptors (Lipinski definition) is 7. The van der Waals surface area contributed by atoms with E-state index in [-0.39, 0.29) is 19.4 Å². The van der Waals surface area contributed by atoms with Crippen molar-refractivity contribution in [1.82, 2.24) is 0 Å². The molecule has 0 aliphatic heterocycles. The zero-order chi connectivity index (χ0) is 37.1. The first kappa shape index (κ1) is 47.4. The predicted octanol–water partition coefficient (Wildman–Crippen LogP) is 9.95. The second-order valence-corrected chi connectivity index (χ2v) is 14.1. The van der Waals surface area contributed by atoms with Gasteiger partial charge in [0.15, 0.2) is 6.10 Å². The number of aliphatic hydroxyl groups excluding tert-OH is 1. The minimum Gasteiger partial charge on any atom is -0.462 e. The van der Waals surface area contributed by atoms with Crippen molar-refractivity contribution in [3.8, 4) is 0 Å². The SMILES string of the molecule is CC/C=C\CC(O)/C=C/C=C/C/C=C\C/C=C\C/C=C\CCC(=O)OC[C@H](COP(=O)(O)O)OC(=O)CCCCCCCCCCCC(C)C. The fourth-order valence-corrected chi connectivity index (χ4v) is 5.09. The van der Waals surface area contributed by atoms with Crippen molar-refractivity contribution < 1.29 is 43.0 Å². The zero-order valence-electron chi connectivity index (χ0n) is 31.0. The summed E-state index contributed by atoms with van der Waals surface area (Å²) in [4.78, 5) is 42.6. The number of ether oxygens (including phenoxy) is 2. The molecule has 0 rings (SSSR count). The van der Waals surface area contributed by atoms with Gasteiger partial charge < -0.3 is 24.4 Å². The highest BCUT2D eigenvalue weighted by Crippen LogP contribution is 2.36. The van der Waals surface area contributed by atoms with Crippen LogP contribution in [0, 0.1) is 5.92 Å². The molecule has 0 saturated carbocycles. The quantitative estimate of drug-likeness (QED) is 0.0203. The molecule has 0 spiro atoms. The Balaban J connectivity index is 4.16. The molecule has 2 atom stereocenters. The van der Waals surface area contributed by atoms with Crippen LogP contribution in [-0.4, -0.2) is 52.3 Å². The third-order valence-corrected chi connectivity index (χ3v) is 8.00. The molecular weight excluding hydrogens is 655 g/mol. The molecule has 0 heterocycles. The second-order valence-electron chi connectivity index (χ2n) is 12.9. The van der Waals surface area contributed by atoms with E-state index in [1.54, 1.807) is 6.08 Å². The van der Waals surface area contributed by atoms with Crippen LogP contribution in [0.2, 0.25) is 0 Å². The third kappa shape index (κ3) is 36.7. The van der Waals surface area contributed by atoms with Gasteiger partial charge in [-0.05, 0) is 50.9 Å². The van der Waals surface area contributed by atoms with E-state index in [4.69, 9.17) is 19.3 Å². The molecule has 9 nitrogen and oxygen atoms in total. The summed E-state index contributed by atoms with van der Waals surface area (Å²) in [6.45, 7) is 5.67. The smallest absolute Gasteiger partial charge is 0.462 e. The van der Waals surface area contributed by atoms with E-state index in [2.05, 4.69) is 43.5 Å². The largest absolute Gasteiger partial charge is 0.469 e. The minimum absolute atomic E-state index is 0.123. The van der Waals surface area contributed by atoms with E-state index in [1.807, 2.05) is 48.6 Å². The molecule has 0 saturated heterocycles. The summed E-state index contributed by atoms with van der Waals surface area (Å²) in [5.41, 5.74) is 0. The molecule has 0 aromatic rings. The average Bonchev–Trinajstić information content (AvgIpc) is 3.06. The lowest BCUT2D eigenvalue weighted by atomic mass is 10.0. The molecule has 1 unspecified atom stereocenters. The normalized spacial score (nSPS) is 14.1. The van der Waals surface area contributed by atoms with Crippen molar-refractivity contribution >= 4 is 19.8 Å². The first-order valence-corrected chi connectivity index (χ1v) is 20.2. The molecule has 10 heteroatoms. The molecule has 0 aliphatic carbocycles. The Kier molecular flexibility index (Phi) is 31.9. The van der Waals surface area contributed by atoms with Crippen LogP contribution < -0.4 is 0 Å². The highest BCUT2D eigenvalue weighted by atomic mass is 31.2. The summed E-state index contributed by atoms with van der Waals surface area (Å²) >= 11 is 0. The van der Waals surface area contributed by atoms with Crippen molar-refractivity contribution in [3.63, 3.8) is 0 Å². The molecular formula is C40H67O9P. The van der Waals surface area contributed by atoms with Gasteiger partial charge in [0, 0.05) is 12.8 Å². The maximum absolute atomic E-state index is 12.3. The number of hydrogen-bond donors (Lipinski definition) is 3. The standard InChI is InChI=1S/C40H67O9P/c1-4-5-24-30-37(41)31-26-21-17-13-9-7-6-8-10-14-18-22-27-32-39(42)47-34-38(35-48-50(44,45)46)49-40(43)33-28-23-19-15-11-12-16-20-25-29-36(2)3/h5,7-10,17-18,21-22,24,26,31,36-38,41H,4,6,11-16,19-20,23,25,27-30,32-35H2,1-3H3,(H2,44,45,46)/b9-7-,10-8-,21-17+,22-18-,24-5-,31-26+/t37?,38-/m1/s1. The fourth-order valence-electron chi connectivity index (χ4n) is 4.72. The van der Waals surface area contributed by atoms with Crippen LogP contribution in [0.15, 0.2) is 72.9 Å². The van der Waals surface area contributed by atoms with Crippen molar-refractivity contribution in [2.75, 3.05) is 13.2 Å². The lowest BCUT2D eigenvalue weighted by molar-refractivity contribution is -0.161. The number of phosphoric acid groups is 1. The number of esters is 2. The molecule has 3 N–H and O–H groups in total. The van der Waals surface area contributed by atoms with Crippen LogP contribution in [0.4, 0.5) is 0 Å². The van der Waals surface area contributed by atoms with Crippen LogP contribution in [0.1, 0.15) is 136 Å². The van der Waals surface area contributed by atoms with E-state index < -0.39 is 38.6 Å². The van der Waals surface area contributed by atoms with Crippen molar-refractivity contribution in [1.29, 1.82) is 0 Å². The second kappa shape index (κ2) is 33.6.